The minimum absolute atomic E-state index is 0.0277. The van der Waals surface area contributed by atoms with E-state index in [4.69, 9.17) is 9.47 Å². The van der Waals surface area contributed by atoms with Crippen LogP contribution in [-0.4, -0.2) is 83.3 Å². The average molecular weight is 603 g/mol. The molecule has 4 rings (SSSR count). The van der Waals surface area contributed by atoms with Crippen LogP contribution in [0.25, 0.3) is 0 Å². The van der Waals surface area contributed by atoms with E-state index in [1.165, 1.54) is 5.56 Å². The predicted molar refractivity (Wildman–Crippen MR) is 172 cm³/mol. The second kappa shape index (κ2) is 16.3. The molecule has 1 aromatic heterocycles. The quantitative estimate of drug-likeness (QED) is 0.363. The Labute approximate surface area is 261 Å². The molecule has 0 saturated heterocycles. The molecule has 0 spiro atoms. The lowest BCUT2D eigenvalue weighted by molar-refractivity contribution is -0.0177. The van der Waals surface area contributed by atoms with E-state index in [-0.39, 0.29) is 36.5 Å². The molecule has 2 N–H and O–H groups in total. The fourth-order valence-corrected chi connectivity index (χ4v) is 5.43. The number of likely N-dealkylation sites (N-methyl/N-ethyl adjacent to an activating group) is 1. The van der Waals surface area contributed by atoms with Gasteiger partial charge in [-0.2, -0.15) is 0 Å². The summed E-state index contributed by atoms with van der Waals surface area (Å²) in [6.07, 6.45) is 5.97. The number of rotatable bonds is 8. The molecule has 9 heteroatoms. The number of benzene rings is 2. The first-order valence-electron chi connectivity index (χ1n) is 15.5. The van der Waals surface area contributed by atoms with Gasteiger partial charge >= 0.3 is 0 Å². The van der Waals surface area contributed by atoms with Crippen molar-refractivity contribution in [3.63, 3.8) is 0 Å². The number of anilines is 1. The molecule has 0 aliphatic carbocycles. The van der Waals surface area contributed by atoms with Crippen molar-refractivity contribution in [3.8, 4) is 5.75 Å². The first-order valence-corrected chi connectivity index (χ1v) is 15.5. The van der Waals surface area contributed by atoms with E-state index in [0.29, 0.717) is 42.3 Å². The number of ether oxygens (including phenoxy) is 2. The topological polar surface area (TPSA) is 104 Å². The van der Waals surface area contributed by atoms with Gasteiger partial charge in [0.15, 0.2) is 0 Å². The van der Waals surface area contributed by atoms with Crippen molar-refractivity contribution in [1.82, 2.24) is 14.8 Å². The van der Waals surface area contributed by atoms with Gasteiger partial charge in [-0.15, -0.1) is 0 Å². The van der Waals surface area contributed by atoms with Crippen LogP contribution in [0.3, 0.4) is 0 Å². The number of aromatic nitrogens is 1. The molecular formula is C35H46N4O5. The molecule has 0 unspecified atom stereocenters. The van der Waals surface area contributed by atoms with Gasteiger partial charge in [0.05, 0.1) is 30.4 Å². The SMILES string of the molecule is C[C@@H]1CN([C@H](C)CO)C(=O)c2cc(NC(=O)c3ccccc3)ccc2O[C@@H](C)CCCCO[C@@H]1CN(C)Cc1ccncc1. The lowest BCUT2D eigenvalue weighted by atomic mass is 10.0. The minimum atomic E-state index is -0.444. The van der Waals surface area contributed by atoms with E-state index >= 15 is 0 Å². The monoisotopic (exact) mass is 602 g/mol. The Bertz CT molecular complexity index is 1340. The highest BCUT2D eigenvalue weighted by atomic mass is 16.5. The van der Waals surface area contributed by atoms with Crippen LogP contribution in [-0.2, 0) is 11.3 Å². The molecule has 0 radical (unpaired) electrons. The molecule has 1 aliphatic heterocycles. The second-order valence-electron chi connectivity index (χ2n) is 11.9. The third kappa shape index (κ3) is 9.35. The first-order chi connectivity index (χ1) is 21.2. The molecule has 2 heterocycles. The highest BCUT2D eigenvalue weighted by molar-refractivity contribution is 6.05. The number of fused-ring (bicyclic) bond motifs is 1. The van der Waals surface area contributed by atoms with Crippen molar-refractivity contribution in [2.45, 2.75) is 64.8 Å². The smallest absolute Gasteiger partial charge is 0.258 e. The number of amides is 2. The van der Waals surface area contributed by atoms with Gasteiger partial charge in [0.2, 0.25) is 0 Å². The lowest BCUT2D eigenvalue weighted by Crippen LogP contribution is -2.47. The summed E-state index contributed by atoms with van der Waals surface area (Å²) in [5.74, 6) is -0.0967. The molecular weight excluding hydrogens is 556 g/mol. The molecule has 0 fully saturated rings. The summed E-state index contributed by atoms with van der Waals surface area (Å²) in [5.41, 5.74) is 2.53. The van der Waals surface area contributed by atoms with Gasteiger partial charge in [0.25, 0.3) is 11.8 Å². The van der Waals surface area contributed by atoms with E-state index in [1.807, 2.05) is 32.0 Å². The number of pyridine rings is 1. The van der Waals surface area contributed by atoms with Crippen molar-refractivity contribution in [3.05, 3.63) is 89.7 Å². The van der Waals surface area contributed by atoms with Crippen LogP contribution in [0, 0.1) is 5.92 Å². The Balaban J connectivity index is 1.61. The number of carbonyl (C=O) groups excluding carboxylic acids is 2. The number of aliphatic hydroxyl groups excluding tert-OH is 1. The number of aliphatic hydroxyl groups is 1. The van der Waals surface area contributed by atoms with Crippen molar-refractivity contribution in [2.75, 3.05) is 38.7 Å². The van der Waals surface area contributed by atoms with Gasteiger partial charge in [-0.3, -0.25) is 19.5 Å². The molecule has 9 nitrogen and oxygen atoms in total. The third-order valence-electron chi connectivity index (χ3n) is 8.04. The summed E-state index contributed by atoms with van der Waals surface area (Å²) < 4.78 is 12.8. The van der Waals surface area contributed by atoms with Crippen molar-refractivity contribution >= 4 is 17.5 Å². The summed E-state index contributed by atoms with van der Waals surface area (Å²) in [6, 6.07) is 17.7. The summed E-state index contributed by atoms with van der Waals surface area (Å²) in [6.45, 7) is 8.18. The highest BCUT2D eigenvalue weighted by Crippen LogP contribution is 2.29. The zero-order valence-electron chi connectivity index (χ0n) is 26.3. The maximum Gasteiger partial charge on any atom is 0.258 e. The van der Waals surface area contributed by atoms with E-state index < -0.39 is 6.04 Å². The van der Waals surface area contributed by atoms with Crippen molar-refractivity contribution < 1.29 is 24.2 Å². The minimum Gasteiger partial charge on any atom is -0.490 e. The van der Waals surface area contributed by atoms with Crippen LogP contribution in [0.2, 0.25) is 0 Å². The third-order valence-corrected chi connectivity index (χ3v) is 8.04. The fourth-order valence-electron chi connectivity index (χ4n) is 5.43. The number of carbonyl (C=O) groups is 2. The van der Waals surface area contributed by atoms with E-state index in [9.17, 15) is 14.7 Å². The highest BCUT2D eigenvalue weighted by Gasteiger charge is 2.30. The number of nitrogens with one attached hydrogen (secondary N) is 1. The Morgan fingerprint density at radius 1 is 1.11 bits per heavy atom. The maximum absolute atomic E-state index is 14.3. The first kappa shape index (κ1) is 33.1. The largest absolute Gasteiger partial charge is 0.490 e. The summed E-state index contributed by atoms with van der Waals surface area (Å²) >= 11 is 0. The van der Waals surface area contributed by atoms with Gasteiger partial charge in [-0.05, 0) is 88.2 Å². The maximum atomic E-state index is 14.3. The van der Waals surface area contributed by atoms with E-state index in [1.54, 1.807) is 59.8 Å². The molecule has 0 saturated carbocycles. The average Bonchev–Trinajstić information content (AvgIpc) is 3.03. The van der Waals surface area contributed by atoms with Crippen LogP contribution < -0.4 is 10.1 Å². The molecule has 3 aromatic rings. The molecule has 1 aliphatic rings. The number of nitrogens with zero attached hydrogens (tertiary/aromatic N) is 3. The van der Waals surface area contributed by atoms with Gasteiger partial charge in [0.1, 0.15) is 5.75 Å². The summed E-state index contributed by atoms with van der Waals surface area (Å²) in [5, 5.41) is 13.1. The zero-order valence-corrected chi connectivity index (χ0v) is 26.3. The normalized spacial score (nSPS) is 20.7. The summed E-state index contributed by atoms with van der Waals surface area (Å²) in [7, 11) is 2.07. The van der Waals surface area contributed by atoms with Crippen LogP contribution in [0.5, 0.6) is 5.75 Å². The molecule has 2 amide bonds. The fraction of sp³-hybridized carbons (Fsp3) is 0.457. The molecule has 44 heavy (non-hydrogen) atoms. The molecule has 2 aromatic carbocycles. The predicted octanol–water partition coefficient (Wildman–Crippen LogP) is 5.26. The molecule has 236 valence electrons. The van der Waals surface area contributed by atoms with Gasteiger partial charge in [0, 0.05) is 55.8 Å². The molecule has 0 bridgehead atoms. The van der Waals surface area contributed by atoms with Gasteiger partial charge in [-0.25, -0.2) is 0 Å². The van der Waals surface area contributed by atoms with E-state index in [2.05, 4.69) is 29.2 Å². The Hall–Kier alpha value is -3.79. The van der Waals surface area contributed by atoms with E-state index in [0.717, 1.165) is 25.8 Å². The summed E-state index contributed by atoms with van der Waals surface area (Å²) in [4.78, 5) is 35.3. The standard InChI is InChI=1S/C35H46N4O5/c1-25-21-39(26(2)24-40)35(42)31-20-30(37-34(41)29-11-6-5-7-12-29)13-14-32(31)44-27(3)10-8-9-19-43-33(25)23-38(4)22-28-15-17-36-18-16-28/h5-7,11-18,20,25-27,33,40H,8-10,19,21-24H2,1-4H3,(H,37,41)/t25-,26-,27+,33-/m1/s1. The Morgan fingerprint density at radius 3 is 2.59 bits per heavy atom. The van der Waals surface area contributed by atoms with Crippen molar-refractivity contribution in [2.24, 2.45) is 5.92 Å². The van der Waals surface area contributed by atoms with Crippen LogP contribution >= 0.6 is 0 Å². The second-order valence-corrected chi connectivity index (χ2v) is 11.9. The van der Waals surface area contributed by atoms with Gasteiger partial charge in [-0.1, -0.05) is 25.1 Å². The Kier molecular flexibility index (Phi) is 12.3. The van der Waals surface area contributed by atoms with Crippen LogP contribution in [0.15, 0.2) is 73.1 Å². The van der Waals surface area contributed by atoms with Crippen LogP contribution in [0.4, 0.5) is 5.69 Å². The number of hydrogen-bond donors (Lipinski definition) is 2. The van der Waals surface area contributed by atoms with Crippen molar-refractivity contribution in [1.29, 1.82) is 0 Å². The van der Waals surface area contributed by atoms with Crippen LogP contribution in [0.1, 0.15) is 66.3 Å². The lowest BCUT2D eigenvalue weighted by Gasteiger charge is -2.36. The zero-order chi connectivity index (χ0) is 31.5. The van der Waals surface area contributed by atoms with Gasteiger partial charge < -0.3 is 24.8 Å². The number of hydrogen-bond acceptors (Lipinski definition) is 7. The molecule has 4 atom stereocenters. The Morgan fingerprint density at radius 2 is 1.86 bits per heavy atom.